The molecule has 2 aromatic rings. The first-order chi connectivity index (χ1) is 13.5. The third-order valence-corrected chi connectivity index (χ3v) is 5.68. The van der Waals surface area contributed by atoms with Crippen molar-refractivity contribution >= 4 is 44.2 Å². The zero-order chi connectivity index (χ0) is 21.2. The number of carbonyl (C=O) groups excluding carboxylic acids is 1. The number of thioether (sulfide) groups is 1. The molecule has 0 atom stereocenters. The minimum Gasteiger partial charge on any atom is -0.406 e. The summed E-state index contributed by atoms with van der Waals surface area (Å²) in [4.78, 5) is 11.7. The number of hydrogen-bond donors (Lipinski definition) is 2. The fourth-order valence-electron chi connectivity index (χ4n) is 2.24. The maximum absolute atomic E-state index is 13.2. The SMILES string of the molecule is O=C(CSC1=NS(=O)(=O)c2cc(F)ccc2N1)Nc1ccc(OC(F)(F)F)cc1. The molecule has 0 radical (unpaired) electrons. The van der Waals surface area contributed by atoms with Gasteiger partial charge in [-0.05, 0) is 42.5 Å². The van der Waals surface area contributed by atoms with Crippen molar-refractivity contribution in [3.63, 3.8) is 0 Å². The molecule has 0 aromatic heterocycles. The number of rotatable bonds is 4. The van der Waals surface area contributed by atoms with Crippen molar-refractivity contribution in [1.82, 2.24) is 0 Å². The van der Waals surface area contributed by atoms with Crippen molar-refractivity contribution < 1.29 is 35.5 Å². The van der Waals surface area contributed by atoms with Gasteiger partial charge < -0.3 is 15.4 Å². The lowest BCUT2D eigenvalue weighted by Crippen LogP contribution is -2.22. The van der Waals surface area contributed by atoms with Gasteiger partial charge in [0.2, 0.25) is 5.91 Å². The van der Waals surface area contributed by atoms with E-state index in [1.54, 1.807) is 0 Å². The average Bonchev–Trinajstić information content (AvgIpc) is 2.61. The monoisotopic (exact) mass is 449 g/mol. The maximum atomic E-state index is 13.2. The highest BCUT2D eigenvalue weighted by molar-refractivity contribution is 8.15. The number of carbonyl (C=O) groups is 1. The second-order valence-corrected chi connectivity index (χ2v) is 8.08. The standard InChI is InChI=1S/C16H11F4N3O4S2/c17-9-1-6-12-13(7-9)29(25,26)23-15(22-12)28-8-14(24)21-10-2-4-11(5-3-10)27-16(18,19)20/h1-7H,8H2,(H,21,24)(H,22,23). The quantitative estimate of drug-likeness (QED) is 0.693. The molecule has 2 N–H and O–H groups in total. The molecule has 7 nitrogen and oxygen atoms in total. The topological polar surface area (TPSA) is 96.9 Å². The number of nitrogens with one attached hydrogen (secondary N) is 2. The molecular formula is C16H11F4N3O4S2. The summed E-state index contributed by atoms with van der Waals surface area (Å²) < 4.78 is 81.0. The molecule has 1 heterocycles. The average molecular weight is 449 g/mol. The number of amides is 1. The first-order valence-electron chi connectivity index (χ1n) is 7.72. The molecule has 0 fully saturated rings. The van der Waals surface area contributed by atoms with Crippen LogP contribution in [0, 0.1) is 5.82 Å². The molecule has 3 rings (SSSR count). The third kappa shape index (κ3) is 5.60. The Labute approximate surface area is 166 Å². The summed E-state index contributed by atoms with van der Waals surface area (Å²) in [6, 6.07) is 7.65. The van der Waals surface area contributed by atoms with Crippen LogP contribution in [0.4, 0.5) is 28.9 Å². The lowest BCUT2D eigenvalue weighted by Gasteiger charge is -2.17. The molecule has 29 heavy (non-hydrogen) atoms. The maximum Gasteiger partial charge on any atom is 0.573 e. The van der Waals surface area contributed by atoms with E-state index in [2.05, 4.69) is 19.8 Å². The van der Waals surface area contributed by atoms with E-state index in [-0.39, 0.29) is 27.2 Å². The number of alkyl halides is 3. The number of anilines is 2. The van der Waals surface area contributed by atoms with Gasteiger partial charge in [0, 0.05) is 5.69 Å². The van der Waals surface area contributed by atoms with Crippen LogP contribution >= 0.6 is 11.8 Å². The summed E-state index contributed by atoms with van der Waals surface area (Å²) in [6.45, 7) is 0. The summed E-state index contributed by atoms with van der Waals surface area (Å²) in [5, 5.41) is 5.06. The van der Waals surface area contributed by atoms with E-state index in [9.17, 15) is 30.8 Å². The van der Waals surface area contributed by atoms with Crippen molar-refractivity contribution in [3.05, 3.63) is 48.3 Å². The number of benzene rings is 2. The van der Waals surface area contributed by atoms with Gasteiger partial charge in [-0.1, -0.05) is 11.8 Å². The predicted molar refractivity (Wildman–Crippen MR) is 98.9 cm³/mol. The van der Waals surface area contributed by atoms with Crippen LogP contribution < -0.4 is 15.4 Å². The van der Waals surface area contributed by atoms with Crippen molar-refractivity contribution in [2.45, 2.75) is 11.3 Å². The van der Waals surface area contributed by atoms with Crippen LogP contribution in [0.3, 0.4) is 0 Å². The first kappa shape index (κ1) is 20.9. The minimum absolute atomic E-state index is 0.0758. The van der Waals surface area contributed by atoms with E-state index in [1.165, 1.54) is 18.2 Å². The fraction of sp³-hybridized carbons (Fsp3) is 0.125. The molecule has 2 aromatic carbocycles. The molecule has 0 saturated heterocycles. The molecule has 0 aliphatic carbocycles. The van der Waals surface area contributed by atoms with E-state index in [0.717, 1.165) is 36.0 Å². The molecule has 1 amide bonds. The highest BCUT2D eigenvalue weighted by Gasteiger charge is 2.31. The van der Waals surface area contributed by atoms with Crippen LogP contribution in [0.1, 0.15) is 0 Å². The molecule has 0 bridgehead atoms. The molecule has 0 saturated carbocycles. The Hall–Kier alpha value is -2.80. The number of fused-ring (bicyclic) bond motifs is 1. The molecule has 1 aliphatic rings. The van der Waals surface area contributed by atoms with Gasteiger partial charge in [-0.25, -0.2) is 4.39 Å². The molecule has 13 heteroatoms. The van der Waals surface area contributed by atoms with Gasteiger partial charge >= 0.3 is 6.36 Å². The van der Waals surface area contributed by atoms with Crippen molar-refractivity contribution in [1.29, 1.82) is 0 Å². The molecule has 0 spiro atoms. The summed E-state index contributed by atoms with van der Waals surface area (Å²) in [5.74, 6) is -1.96. The van der Waals surface area contributed by atoms with Gasteiger partial charge in [0.05, 0.1) is 11.4 Å². The van der Waals surface area contributed by atoms with Gasteiger partial charge in [-0.3, -0.25) is 4.79 Å². The smallest absolute Gasteiger partial charge is 0.406 e. The van der Waals surface area contributed by atoms with E-state index in [0.29, 0.717) is 0 Å². The zero-order valence-electron chi connectivity index (χ0n) is 14.2. The van der Waals surface area contributed by atoms with Crippen LogP contribution in [0.15, 0.2) is 51.8 Å². The largest absolute Gasteiger partial charge is 0.573 e. The molecular weight excluding hydrogens is 438 g/mol. The van der Waals surface area contributed by atoms with Gasteiger partial charge in [0.25, 0.3) is 10.0 Å². The molecule has 0 unspecified atom stereocenters. The number of ether oxygens (including phenoxy) is 1. The van der Waals surface area contributed by atoms with Gasteiger partial charge in [-0.15, -0.1) is 17.6 Å². The number of halogens is 4. The van der Waals surface area contributed by atoms with Crippen LogP contribution in [-0.4, -0.2) is 31.6 Å². The van der Waals surface area contributed by atoms with E-state index >= 15 is 0 Å². The minimum atomic E-state index is -4.82. The number of amidine groups is 1. The Morgan fingerprint density at radius 3 is 2.52 bits per heavy atom. The van der Waals surface area contributed by atoms with Gasteiger partial charge in [0.1, 0.15) is 16.5 Å². The second kappa shape index (κ2) is 7.91. The van der Waals surface area contributed by atoms with Crippen molar-refractivity contribution in [2.24, 2.45) is 4.40 Å². The Bertz CT molecular complexity index is 1070. The van der Waals surface area contributed by atoms with E-state index in [1.807, 2.05) is 0 Å². The highest BCUT2D eigenvalue weighted by atomic mass is 32.2. The Morgan fingerprint density at radius 2 is 1.86 bits per heavy atom. The van der Waals surface area contributed by atoms with Gasteiger partial charge in [0.15, 0.2) is 5.17 Å². The number of nitrogens with zero attached hydrogens (tertiary/aromatic N) is 1. The lowest BCUT2D eigenvalue weighted by atomic mass is 10.3. The Kier molecular flexibility index (Phi) is 5.71. The summed E-state index contributed by atoms with van der Waals surface area (Å²) >= 11 is 0.786. The first-order valence-corrected chi connectivity index (χ1v) is 10.1. The van der Waals surface area contributed by atoms with Crippen LogP contribution in [0.5, 0.6) is 5.75 Å². The number of hydrogen-bond acceptors (Lipinski definition) is 6. The third-order valence-electron chi connectivity index (χ3n) is 3.38. The highest BCUT2D eigenvalue weighted by Crippen LogP contribution is 2.30. The Balaban J connectivity index is 1.59. The lowest BCUT2D eigenvalue weighted by molar-refractivity contribution is -0.274. The van der Waals surface area contributed by atoms with Crippen molar-refractivity contribution in [3.8, 4) is 5.75 Å². The van der Waals surface area contributed by atoms with E-state index < -0.39 is 33.9 Å². The Morgan fingerprint density at radius 1 is 1.17 bits per heavy atom. The van der Waals surface area contributed by atoms with E-state index in [4.69, 9.17) is 0 Å². The molecule has 1 aliphatic heterocycles. The normalized spacial score (nSPS) is 15.0. The van der Waals surface area contributed by atoms with Gasteiger partial charge in [-0.2, -0.15) is 8.42 Å². The predicted octanol–water partition coefficient (Wildman–Crippen LogP) is 3.57. The number of sulfonamides is 1. The summed E-state index contributed by atoms with van der Waals surface area (Å²) in [7, 11) is -4.11. The second-order valence-electron chi connectivity index (χ2n) is 5.55. The summed E-state index contributed by atoms with van der Waals surface area (Å²) in [6.07, 6.45) is -4.82. The van der Waals surface area contributed by atoms with Crippen molar-refractivity contribution in [2.75, 3.05) is 16.4 Å². The van der Waals surface area contributed by atoms with Crippen LogP contribution in [-0.2, 0) is 14.8 Å². The summed E-state index contributed by atoms with van der Waals surface area (Å²) in [5.41, 5.74) is 0.349. The molecule has 154 valence electrons. The van der Waals surface area contributed by atoms with Crippen LogP contribution in [0.25, 0.3) is 0 Å². The fourth-order valence-corrected chi connectivity index (χ4v) is 4.29. The van der Waals surface area contributed by atoms with Crippen LogP contribution in [0.2, 0.25) is 0 Å². The zero-order valence-corrected chi connectivity index (χ0v) is 15.8.